The van der Waals surface area contributed by atoms with Gasteiger partial charge in [-0.05, 0) is 25.7 Å². The normalized spacial score (nSPS) is 28.0. The molecule has 3 N–H and O–H groups in total. The first kappa shape index (κ1) is 15.9. The van der Waals surface area contributed by atoms with Crippen molar-refractivity contribution in [3.8, 4) is 0 Å². The number of hydrogen-bond acceptors (Lipinski definition) is 4. The lowest BCUT2D eigenvalue weighted by molar-refractivity contribution is -0.0504. The summed E-state index contributed by atoms with van der Waals surface area (Å²) >= 11 is 0. The largest absolute Gasteiger partial charge is 0.395 e. The van der Waals surface area contributed by atoms with Gasteiger partial charge in [-0.25, -0.2) is 0 Å². The lowest BCUT2D eigenvalue weighted by Crippen LogP contribution is -2.39. The number of ether oxygens (including phenoxy) is 1. The van der Waals surface area contributed by atoms with Gasteiger partial charge < -0.3 is 20.3 Å². The number of aliphatic hydroxyl groups excluding tert-OH is 2. The fraction of sp³-hybridized carbons (Fsp3) is 1.00. The van der Waals surface area contributed by atoms with Crippen molar-refractivity contribution >= 4 is 0 Å². The van der Waals surface area contributed by atoms with Crippen LogP contribution in [0.5, 0.6) is 0 Å². The molecule has 0 aromatic carbocycles. The number of aliphatic hydroxyl groups is 2. The second-order valence-electron chi connectivity index (χ2n) is 5.47. The molecule has 0 aromatic rings. The lowest BCUT2D eigenvalue weighted by atomic mass is 9.85. The van der Waals surface area contributed by atoms with Crippen molar-refractivity contribution in [1.82, 2.24) is 5.32 Å². The molecule has 1 aliphatic carbocycles. The maximum Gasteiger partial charge on any atom is 0.0897 e. The average molecular weight is 259 g/mol. The number of rotatable bonds is 8. The van der Waals surface area contributed by atoms with Crippen LogP contribution in [0, 0.1) is 5.92 Å². The Morgan fingerprint density at radius 3 is 2.72 bits per heavy atom. The van der Waals surface area contributed by atoms with Gasteiger partial charge in [-0.1, -0.05) is 26.2 Å². The van der Waals surface area contributed by atoms with E-state index in [1.165, 1.54) is 25.7 Å². The highest BCUT2D eigenvalue weighted by atomic mass is 16.5. The highest BCUT2D eigenvalue weighted by Gasteiger charge is 2.24. The van der Waals surface area contributed by atoms with Crippen LogP contribution in [0.15, 0.2) is 0 Å². The fourth-order valence-corrected chi connectivity index (χ4v) is 2.56. The molecule has 0 radical (unpaired) electrons. The monoisotopic (exact) mass is 259 g/mol. The molecule has 4 nitrogen and oxygen atoms in total. The first-order valence-corrected chi connectivity index (χ1v) is 7.31. The molecule has 108 valence electrons. The van der Waals surface area contributed by atoms with Crippen molar-refractivity contribution in [1.29, 1.82) is 0 Å². The molecule has 4 unspecified atom stereocenters. The molecule has 0 spiro atoms. The van der Waals surface area contributed by atoms with Gasteiger partial charge in [-0.3, -0.25) is 0 Å². The molecule has 0 aliphatic heterocycles. The van der Waals surface area contributed by atoms with E-state index in [4.69, 9.17) is 9.84 Å². The Hall–Kier alpha value is -0.160. The van der Waals surface area contributed by atoms with Crippen molar-refractivity contribution in [3.05, 3.63) is 0 Å². The second kappa shape index (κ2) is 8.86. The van der Waals surface area contributed by atoms with E-state index in [9.17, 15) is 5.11 Å². The molecule has 0 saturated heterocycles. The minimum atomic E-state index is -0.488. The molecule has 1 aliphatic rings. The van der Waals surface area contributed by atoms with Crippen LogP contribution in [0.25, 0.3) is 0 Å². The molecule has 0 bridgehead atoms. The van der Waals surface area contributed by atoms with E-state index < -0.39 is 6.10 Å². The summed E-state index contributed by atoms with van der Waals surface area (Å²) in [6, 6.07) is 0.0257. The van der Waals surface area contributed by atoms with Crippen molar-refractivity contribution in [3.63, 3.8) is 0 Å². The standard InChI is InChI=1S/C14H29NO3/c1-3-12-6-4-5-7-14(12)18-10-13(17)8-15-11(2)9-16/h11-17H,3-10H2,1-2H3. The van der Waals surface area contributed by atoms with E-state index in [1.54, 1.807) is 0 Å². The zero-order chi connectivity index (χ0) is 13.4. The Bertz CT molecular complexity index is 213. The summed E-state index contributed by atoms with van der Waals surface area (Å²) in [5.74, 6) is 0.662. The van der Waals surface area contributed by atoms with Crippen LogP contribution in [0.4, 0.5) is 0 Å². The molecule has 0 heterocycles. The van der Waals surface area contributed by atoms with Gasteiger partial charge in [-0.15, -0.1) is 0 Å². The Balaban J connectivity index is 2.18. The van der Waals surface area contributed by atoms with E-state index in [2.05, 4.69) is 12.2 Å². The van der Waals surface area contributed by atoms with Crippen LogP contribution in [-0.2, 0) is 4.74 Å². The van der Waals surface area contributed by atoms with Gasteiger partial charge in [0, 0.05) is 12.6 Å². The lowest BCUT2D eigenvalue weighted by Gasteiger charge is -2.31. The van der Waals surface area contributed by atoms with Crippen molar-refractivity contribution in [2.45, 2.75) is 64.2 Å². The average Bonchev–Trinajstić information content (AvgIpc) is 2.42. The molecule has 0 amide bonds. The molecule has 1 fully saturated rings. The zero-order valence-corrected chi connectivity index (χ0v) is 11.8. The van der Waals surface area contributed by atoms with Gasteiger partial charge in [0.1, 0.15) is 0 Å². The van der Waals surface area contributed by atoms with Crippen LogP contribution in [0.3, 0.4) is 0 Å². The summed E-state index contributed by atoms with van der Waals surface area (Å²) in [4.78, 5) is 0. The van der Waals surface area contributed by atoms with Gasteiger partial charge in [0.2, 0.25) is 0 Å². The Kier molecular flexibility index (Phi) is 7.82. The maximum absolute atomic E-state index is 9.81. The van der Waals surface area contributed by atoms with Gasteiger partial charge in [0.15, 0.2) is 0 Å². The molecular weight excluding hydrogens is 230 g/mol. The van der Waals surface area contributed by atoms with Gasteiger partial charge in [0.05, 0.1) is 25.4 Å². The van der Waals surface area contributed by atoms with Crippen molar-refractivity contribution < 1.29 is 14.9 Å². The summed E-state index contributed by atoms with van der Waals surface area (Å²) in [6.45, 7) is 5.07. The molecule has 4 atom stereocenters. The molecule has 1 saturated carbocycles. The molecule has 4 heteroatoms. The predicted octanol–water partition coefficient (Wildman–Crippen LogP) is 1.30. The number of nitrogens with one attached hydrogen (secondary N) is 1. The van der Waals surface area contributed by atoms with E-state index in [0.29, 0.717) is 25.2 Å². The zero-order valence-electron chi connectivity index (χ0n) is 11.8. The van der Waals surface area contributed by atoms with E-state index in [1.807, 2.05) is 6.92 Å². The summed E-state index contributed by atoms with van der Waals surface area (Å²) in [6.07, 6.45) is 5.96. The fourth-order valence-electron chi connectivity index (χ4n) is 2.56. The Morgan fingerprint density at radius 1 is 1.33 bits per heavy atom. The second-order valence-corrected chi connectivity index (χ2v) is 5.47. The van der Waals surface area contributed by atoms with Crippen molar-refractivity contribution in [2.75, 3.05) is 19.8 Å². The molecular formula is C14H29NO3. The van der Waals surface area contributed by atoms with Gasteiger partial charge in [0.25, 0.3) is 0 Å². The summed E-state index contributed by atoms with van der Waals surface area (Å²) < 4.78 is 5.86. The van der Waals surface area contributed by atoms with Gasteiger partial charge >= 0.3 is 0 Å². The Labute approximate surface area is 111 Å². The van der Waals surface area contributed by atoms with Crippen LogP contribution in [-0.4, -0.2) is 48.2 Å². The molecule has 1 rings (SSSR count). The number of hydrogen-bond donors (Lipinski definition) is 3. The first-order chi connectivity index (χ1) is 8.67. The van der Waals surface area contributed by atoms with Gasteiger partial charge in [-0.2, -0.15) is 0 Å². The SMILES string of the molecule is CCC1CCCCC1OCC(O)CNC(C)CO. The third-order valence-corrected chi connectivity index (χ3v) is 3.84. The summed E-state index contributed by atoms with van der Waals surface area (Å²) in [5.41, 5.74) is 0. The first-order valence-electron chi connectivity index (χ1n) is 7.31. The van der Waals surface area contributed by atoms with Crippen LogP contribution in [0.1, 0.15) is 46.0 Å². The highest BCUT2D eigenvalue weighted by Crippen LogP contribution is 2.29. The highest BCUT2D eigenvalue weighted by molar-refractivity contribution is 4.75. The minimum absolute atomic E-state index is 0.0257. The molecule has 0 aromatic heterocycles. The predicted molar refractivity (Wildman–Crippen MR) is 72.5 cm³/mol. The van der Waals surface area contributed by atoms with Crippen molar-refractivity contribution in [2.24, 2.45) is 5.92 Å². The summed E-state index contributed by atoms with van der Waals surface area (Å²) in [5, 5.41) is 21.8. The minimum Gasteiger partial charge on any atom is -0.395 e. The third kappa shape index (κ3) is 5.65. The van der Waals surface area contributed by atoms with Crippen LogP contribution >= 0.6 is 0 Å². The van der Waals surface area contributed by atoms with E-state index in [-0.39, 0.29) is 12.6 Å². The quantitative estimate of drug-likeness (QED) is 0.615. The topological polar surface area (TPSA) is 61.7 Å². The Morgan fingerprint density at radius 2 is 2.06 bits per heavy atom. The van der Waals surface area contributed by atoms with Crippen LogP contribution < -0.4 is 5.32 Å². The maximum atomic E-state index is 9.81. The molecule has 18 heavy (non-hydrogen) atoms. The van der Waals surface area contributed by atoms with Crippen LogP contribution in [0.2, 0.25) is 0 Å². The third-order valence-electron chi connectivity index (χ3n) is 3.84. The smallest absolute Gasteiger partial charge is 0.0897 e. The van der Waals surface area contributed by atoms with E-state index in [0.717, 1.165) is 6.42 Å². The summed E-state index contributed by atoms with van der Waals surface area (Å²) in [7, 11) is 0. The van der Waals surface area contributed by atoms with E-state index >= 15 is 0 Å².